The standard InChI is InChI=1S/C14H28/c1-4-6-7-8-9-10-11-13-14(3)12-5-2/h13H,4-12H2,1-3H3. The zero-order valence-electron chi connectivity index (χ0n) is 10.4. The fraction of sp³-hybridized carbons (Fsp3) is 0.857. The molecule has 0 amide bonds. The van der Waals surface area contributed by atoms with Crippen LogP contribution in [0.15, 0.2) is 11.6 Å². The second kappa shape index (κ2) is 10.8. The summed E-state index contributed by atoms with van der Waals surface area (Å²) >= 11 is 0. The molecule has 0 atom stereocenters. The van der Waals surface area contributed by atoms with Crippen molar-refractivity contribution in [2.24, 2.45) is 0 Å². The largest absolute Gasteiger partial charge is 0.0856 e. The minimum atomic E-state index is 1.29. The van der Waals surface area contributed by atoms with Crippen molar-refractivity contribution in [1.29, 1.82) is 0 Å². The predicted octanol–water partition coefficient (Wildman–Crippen LogP) is 5.48. The molecule has 0 fully saturated rings. The third kappa shape index (κ3) is 9.83. The van der Waals surface area contributed by atoms with E-state index in [1.54, 1.807) is 5.57 Å². The van der Waals surface area contributed by atoms with Crippen LogP contribution in [0, 0.1) is 0 Å². The van der Waals surface area contributed by atoms with Crippen LogP contribution >= 0.6 is 0 Å². The summed E-state index contributed by atoms with van der Waals surface area (Å²) in [5.74, 6) is 0. The van der Waals surface area contributed by atoms with Crippen molar-refractivity contribution in [3.8, 4) is 0 Å². The Morgan fingerprint density at radius 1 is 0.857 bits per heavy atom. The van der Waals surface area contributed by atoms with Crippen LogP contribution in [0.25, 0.3) is 0 Å². The van der Waals surface area contributed by atoms with Gasteiger partial charge in [-0.3, -0.25) is 0 Å². The summed E-state index contributed by atoms with van der Waals surface area (Å²) in [6, 6.07) is 0. The van der Waals surface area contributed by atoms with Crippen LogP contribution in [0.1, 0.15) is 78.6 Å². The molecule has 0 unspecified atom stereocenters. The normalized spacial score (nSPS) is 12.1. The Bertz CT molecular complexity index is 133. The summed E-state index contributed by atoms with van der Waals surface area (Å²) in [7, 11) is 0. The van der Waals surface area contributed by atoms with Gasteiger partial charge in [-0.05, 0) is 26.2 Å². The average molecular weight is 196 g/mol. The third-order valence-electron chi connectivity index (χ3n) is 2.69. The maximum absolute atomic E-state index is 2.43. The van der Waals surface area contributed by atoms with E-state index in [9.17, 15) is 0 Å². The van der Waals surface area contributed by atoms with Gasteiger partial charge in [-0.1, -0.05) is 64.0 Å². The molecule has 0 saturated heterocycles. The van der Waals surface area contributed by atoms with Gasteiger partial charge in [0.2, 0.25) is 0 Å². The lowest BCUT2D eigenvalue weighted by Crippen LogP contribution is -1.79. The molecule has 0 aliphatic rings. The molecule has 84 valence electrons. The zero-order chi connectivity index (χ0) is 10.6. The molecule has 0 aliphatic carbocycles. The quantitative estimate of drug-likeness (QED) is 0.338. The highest BCUT2D eigenvalue weighted by atomic mass is 14.0. The summed E-state index contributed by atoms with van der Waals surface area (Å²) in [5.41, 5.74) is 1.58. The monoisotopic (exact) mass is 196 g/mol. The maximum Gasteiger partial charge on any atom is -0.0326 e. The van der Waals surface area contributed by atoms with E-state index >= 15 is 0 Å². The summed E-state index contributed by atoms with van der Waals surface area (Å²) < 4.78 is 0. The van der Waals surface area contributed by atoms with Gasteiger partial charge in [0.25, 0.3) is 0 Å². The topological polar surface area (TPSA) is 0 Å². The molecule has 0 aromatic rings. The lowest BCUT2D eigenvalue weighted by Gasteiger charge is -2.00. The Kier molecular flexibility index (Phi) is 10.6. The average Bonchev–Trinajstić information content (AvgIpc) is 2.17. The van der Waals surface area contributed by atoms with E-state index in [0.29, 0.717) is 0 Å². The highest BCUT2D eigenvalue weighted by Gasteiger charge is 1.90. The summed E-state index contributed by atoms with van der Waals surface area (Å²) in [6.45, 7) is 6.79. The Morgan fingerprint density at radius 2 is 1.50 bits per heavy atom. The first kappa shape index (κ1) is 13.7. The van der Waals surface area contributed by atoms with Gasteiger partial charge in [0.05, 0.1) is 0 Å². The minimum Gasteiger partial charge on any atom is -0.0856 e. The van der Waals surface area contributed by atoms with Crippen molar-refractivity contribution in [2.45, 2.75) is 78.6 Å². The molecule has 0 nitrogen and oxygen atoms in total. The van der Waals surface area contributed by atoms with Crippen LogP contribution in [-0.2, 0) is 0 Å². The molecular weight excluding hydrogens is 168 g/mol. The molecule has 0 heteroatoms. The number of allylic oxidation sites excluding steroid dienone is 2. The van der Waals surface area contributed by atoms with Gasteiger partial charge in [-0.15, -0.1) is 0 Å². The van der Waals surface area contributed by atoms with Crippen molar-refractivity contribution in [1.82, 2.24) is 0 Å². The Labute approximate surface area is 90.8 Å². The van der Waals surface area contributed by atoms with Crippen LogP contribution < -0.4 is 0 Å². The van der Waals surface area contributed by atoms with E-state index in [-0.39, 0.29) is 0 Å². The van der Waals surface area contributed by atoms with E-state index < -0.39 is 0 Å². The van der Waals surface area contributed by atoms with Crippen molar-refractivity contribution >= 4 is 0 Å². The first-order valence-corrected chi connectivity index (χ1v) is 6.46. The molecule has 0 saturated carbocycles. The highest BCUT2D eigenvalue weighted by Crippen LogP contribution is 2.10. The van der Waals surface area contributed by atoms with E-state index in [1.165, 1.54) is 57.8 Å². The fourth-order valence-corrected chi connectivity index (χ4v) is 1.77. The molecule has 0 aliphatic heterocycles. The van der Waals surface area contributed by atoms with Crippen molar-refractivity contribution in [3.63, 3.8) is 0 Å². The van der Waals surface area contributed by atoms with Crippen LogP contribution in [0.2, 0.25) is 0 Å². The van der Waals surface area contributed by atoms with Gasteiger partial charge < -0.3 is 0 Å². The summed E-state index contributed by atoms with van der Waals surface area (Å²) in [6.07, 6.45) is 14.8. The van der Waals surface area contributed by atoms with Gasteiger partial charge in [0, 0.05) is 0 Å². The predicted molar refractivity (Wildman–Crippen MR) is 66.7 cm³/mol. The van der Waals surface area contributed by atoms with E-state index in [1.807, 2.05) is 0 Å². The molecule has 0 N–H and O–H groups in total. The van der Waals surface area contributed by atoms with Crippen molar-refractivity contribution < 1.29 is 0 Å². The van der Waals surface area contributed by atoms with Crippen LogP contribution in [-0.4, -0.2) is 0 Å². The molecule has 0 aromatic heterocycles. The molecule has 0 aromatic carbocycles. The zero-order valence-corrected chi connectivity index (χ0v) is 10.4. The minimum absolute atomic E-state index is 1.29. The Balaban J connectivity index is 3.15. The van der Waals surface area contributed by atoms with Gasteiger partial charge in [0.1, 0.15) is 0 Å². The number of rotatable bonds is 9. The molecule has 0 radical (unpaired) electrons. The van der Waals surface area contributed by atoms with Crippen LogP contribution in [0.3, 0.4) is 0 Å². The van der Waals surface area contributed by atoms with Gasteiger partial charge in [-0.2, -0.15) is 0 Å². The van der Waals surface area contributed by atoms with Crippen LogP contribution in [0.4, 0.5) is 0 Å². The lowest BCUT2D eigenvalue weighted by molar-refractivity contribution is 0.610. The second-order valence-electron chi connectivity index (χ2n) is 4.36. The molecule has 0 rings (SSSR count). The fourth-order valence-electron chi connectivity index (χ4n) is 1.77. The van der Waals surface area contributed by atoms with Gasteiger partial charge in [-0.25, -0.2) is 0 Å². The molecule has 0 heterocycles. The second-order valence-corrected chi connectivity index (χ2v) is 4.36. The Hall–Kier alpha value is -0.260. The molecular formula is C14H28. The SMILES string of the molecule is CCCCCCCCC=C(C)CCC. The lowest BCUT2D eigenvalue weighted by atomic mass is 10.1. The third-order valence-corrected chi connectivity index (χ3v) is 2.69. The number of unbranched alkanes of at least 4 members (excludes halogenated alkanes) is 6. The van der Waals surface area contributed by atoms with Crippen molar-refractivity contribution in [3.05, 3.63) is 11.6 Å². The van der Waals surface area contributed by atoms with Crippen LogP contribution in [0.5, 0.6) is 0 Å². The Morgan fingerprint density at radius 3 is 2.14 bits per heavy atom. The highest BCUT2D eigenvalue weighted by molar-refractivity contribution is 4.97. The van der Waals surface area contributed by atoms with Gasteiger partial charge >= 0.3 is 0 Å². The van der Waals surface area contributed by atoms with Gasteiger partial charge in [0.15, 0.2) is 0 Å². The van der Waals surface area contributed by atoms with E-state index in [4.69, 9.17) is 0 Å². The first-order chi connectivity index (χ1) is 6.81. The molecule has 0 spiro atoms. The van der Waals surface area contributed by atoms with E-state index in [2.05, 4.69) is 26.8 Å². The maximum atomic E-state index is 2.43. The number of hydrogen-bond donors (Lipinski definition) is 0. The molecule has 14 heavy (non-hydrogen) atoms. The first-order valence-electron chi connectivity index (χ1n) is 6.46. The summed E-state index contributed by atoms with van der Waals surface area (Å²) in [5, 5.41) is 0. The van der Waals surface area contributed by atoms with E-state index in [0.717, 1.165) is 0 Å². The number of hydrogen-bond acceptors (Lipinski definition) is 0. The van der Waals surface area contributed by atoms with Crippen molar-refractivity contribution in [2.75, 3.05) is 0 Å². The smallest absolute Gasteiger partial charge is 0.0326 e. The molecule has 0 bridgehead atoms. The summed E-state index contributed by atoms with van der Waals surface area (Å²) in [4.78, 5) is 0.